The van der Waals surface area contributed by atoms with E-state index in [0.717, 1.165) is 22.3 Å². The summed E-state index contributed by atoms with van der Waals surface area (Å²) in [4.78, 5) is 4.58. The maximum absolute atomic E-state index is 6.12. The highest BCUT2D eigenvalue weighted by atomic mass is 16.7. The van der Waals surface area contributed by atoms with Crippen LogP contribution in [0.4, 0.5) is 0 Å². The number of fused-ring (bicyclic) bond motifs is 1. The third-order valence-electron chi connectivity index (χ3n) is 4.80. The lowest BCUT2D eigenvalue weighted by Crippen LogP contribution is -2.41. The second-order valence-corrected chi connectivity index (χ2v) is 6.86. The molecular weight excluding hydrogens is 279 g/mol. The minimum Gasteiger partial charge on any atom is -0.399 e. The van der Waals surface area contributed by atoms with E-state index < -0.39 is 0 Å². The van der Waals surface area contributed by atoms with E-state index >= 15 is 0 Å². The highest BCUT2D eigenvalue weighted by Crippen LogP contribution is 2.36. The molecule has 0 saturated carbocycles. The van der Waals surface area contributed by atoms with Crippen LogP contribution >= 0.6 is 0 Å². The van der Waals surface area contributed by atoms with Gasteiger partial charge in [-0.25, -0.2) is 4.98 Å². The standard InChI is InChI=1S/C16H23BN2O3/c1-15(2)16(3,4)22-17(21-15)11-7-8-12-13(9-11)19(5)14(18-12)10-20-6/h7-9H,10H2,1-6H3. The van der Waals surface area contributed by atoms with Crippen molar-refractivity contribution in [2.45, 2.75) is 45.5 Å². The molecule has 1 aliphatic rings. The van der Waals surface area contributed by atoms with Gasteiger partial charge >= 0.3 is 7.12 Å². The van der Waals surface area contributed by atoms with E-state index in [0.29, 0.717) is 6.61 Å². The molecule has 0 radical (unpaired) electrons. The Kier molecular flexibility index (Phi) is 3.59. The molecule has 1 fully saturated rings. The van der Waals surface area contributed by atoms with E-state index in [1.807, 2.05) is 23.7 Å². The fourth-order valence-electron chi connectivity index (χ4n) is 2.64. The van der Waals surface area contributed by atoms with Crippen LogP contribution < -0.4 is 5.46 Å². The van der Waals surface area contributed by atoms with E-state index in [4.69, 9.17) is 14.0 Å². The van der Waals surface area contributed by atoms with Crippen molar-refractivity contribution in [2.75, 3.05) is 7.11 Å². The molecule has 1 aliphatic heterocycles. The number of aromatic nitrogens is 2. The summed E-state index contributed by atoms with van der Waals surface area (Å²) >= 11 is 0. The molecule has 2 heterocycles. The van der Waals surface area contributed by atoms with Gasteiger partial charge in [-0.2, -0.15) is 0 Å². The van der Waals surface area contributed by atoms with Crippen LogP contribution in [0, 0.1) is 0 Å². The van der Waals surface area contributed by atoms with Gasteiger partial charge in [0.05, 0.1) is 22.2 Å². The van der Waals surface area contributed by atoms with Crippen molar-refractivity contribution in [3.8, 4) is 0 Å². The number of nitrogens with zero attached hydrogens (tertiary/aromatic N) is 2. The van der Waals surface area contributed by atoms with Crippen molar-refractivity contribution in [2.24, 2.45) is 7.05 Å². The molecule has 0 amide bonds. The second kappa shape index (κ2) is 5.08. The van der Waals surface area contributed by atoms with Crippen molar-refractivity contribution in [3.63, 3.8) is 0 Å². The van der Waals surface area contributed by atoms with Gasteiger partial charge in [-0.3, -0.25) is 0 Å². The normalized spacial score (nSPS) is 20.0. The van der Waals surface area contributed by atoms with Crippen molar-refractivity contribution < 1.29 is 14.0 Å². The smallest absolute Gasteiger partial charge is 0.399 e. The Hall–Kier alpha value is -1.37. The molecule has 6 heteroatoms. The average Bonchev–Trinajstić information content (AvgIpc) is 2.85. The van der Waals surface area contributed by atoms with Crippen LogP contribution in [-0.2, 0) is 27.7 Å². The summed E-state index contributed by atoms with van der Waals surface area (Å²) in [6, 6.07) is 6.12. The fraction of sp³-hybridized carbons (Fsp3) is 0.562. The van der Waals surface area contributed by atoms with Crippen molar-refractivity contribution in [1.82, 2.24) is 9.55 Å². The lowest BCUT2D eigenvalue weighted by Gasteiger charge is -2.32. The molecule has 3 rings (SSSR count). The summed E-state index contributed by atoms with van der Waals surface area (Å²) in [7, 11) is 3.32. The summed E-state index contributed by atoms with van der Waals surface area (Å²) in [5.41, 5.74) is 2.35. The number of ether oxygens (including phenoxy) is 1. The zero-order valence-corrected chi connectivity index (χ0v) is 14.1. The Bertz CT molecular complexity index is 693. The molecule has 1 saturated heterocycles. The predicted molar refractivity (Wildman–Crippen MR) is 87.1 cm³/mol. The Labute approximate surface area is 131 Å². The molecule has 0 bridgehead atoms. The Morgan fingerprint density at radius 1 is 1.18 bits per heavy atom. The first-order chi connectivity index (χ1) is 10.2. The number of benzene rings is 1. The second-order valence-electron chi connectivity index (χ2n) is 6.86. The van der Waals surface area contributed by atoms with Crippen LogP contribution in [0.1, 0.15) is 33.5 Å². The van der Waals surface area contributed by atoms with Gasteiger partial charge in [0.25, 0.3) is 0 Å². The Balaban J connectivity index is 1.98. The van der Waals surface area contributed by atoms with E-state index in [9.17, 15) is 0 Å². The first-order valence-electron chi connectivity index (χ1n) is 7.55. The van der Waals surface area contributed by atoms with Crippen molar-refractivity contribution >= 4 is 23.6 Å². The summed E-state index contributed by atoms with van der Waals surface area (Å²) in [5.74, 6) is 0.906. The molecule has 118 valence electrons. The predicted octanol–water partition coefficient (Wildman–Crippen LogP) is 2.02. The van der Waals surface area contributed by atoms with Gasteiger partial charge in [0.15, 0.2) is 0 Å². The highest BCUT2D eigenvalue weighted by Gasteiger charge is 2.51. The summed E-state index contributed by atoms with van der Waals surface area (Å²) in [5, 5.41) is 0. The first kappa shape index (κ1) is 15.5. The summed E-state index contributed by atoms with van der Waals surface area (Å²) < 4.78 is 19.5. The fourth-order valence-corrected chi connectivity index (χ4v) is 2.64. The van der Waals surface area contributed by atoms with Gasteiger partial charge in [-0.15, -0.1) is 0 Å². The molecular formula is C16H23BN2O3. The van der Waals surface area contributed by atoms with Crippen LogP contribution in [0.3, 0.4) is 0 Å². The maximum atomic E-state index is 6.12. The monoisotopic (exact) mass is 302 g/mol. The summed E-state index contributed by atoms with van der Waals surface area (Å²) in [6.07, 6.45) is 0. The van der Waals surface area contributed by atoms with E-state index in [1.54, 1.807) is 7.11 Å². The third kappa shape index (κ3) is 2.35. The Morgan fingerprint density at radius 2 is 1.82 bits per heavy atom. The first-order valence-corrected chi connectivity index (χ1v) is 7.55. The largest absolute Gasteiger partial charge is 0.494 e. The number of methoxy groups -OCH3 is 1. The third-order valence-corrected chi connectivity index (χ3v) is 4.80. The van der Waals surface area contributed by atoms with Gasteiger partial charge in [0.2, 0.25) is 0 Å². The zero-order valence-electron chi connectivity index (χ0n) is 14.1. The number of rotatable bonds is 3. The van der Waals surface area contributed by atoms with Gasteiger partial charge in [0.1, 0.15) is 12.4 Å². The number of hydrogen-bond donors (Lipinski definition) is 0. The van der Waals surface area contributed by atoms with Crippen molar-refractivity contribution in [1.29, 1.82) is 0 Å². The highest BCUT2D eigenvalue weighted by molar-refractivity contribution is 6.62. The molecule has 22 heavy (non-hydrogen) atoms. The molecule has 0 unspecified atom stereocenters. The molecule has 5 nitrogen and oxygen atoms in total. The SMILES string of the molecule is COCc1nc2ccc(B3OC(C)(C)C(C)(C)O3)cc2n1C. The van der Waals surface area contributed by atoms with Gasteiger partial charge in [-0.1, -0.05) is 6.07 Å². The van der Waals surface area contributed by atoms with E-state index in [2.05, 4.69) is 38.7 Å². The minimum atomic E-state index is -0.352. The molecule has 0 N–H and O–H groups in total. The Morgan fingerprint density at radius 3 is 2.41 bits per heavy atom. The van der Waals surface area contributed by atoms with Crippen LogP contribution in [0.2, 0.25) is 0 Å². The van der Waals surface area contributed by atoms with Gasteiger partial charge in [0, 0.05) is 14.2 Å². The summed E-state index contributed by atoms with van der Waals surface area (Å²) in [6.45, 7) is 8.74. The number of aryl methyl sites for hydroxylation is 1. The molecule has 2 aromatic rings. The molecule has 0 atom stereocenters. The van der Waals surface area contributed by atoms with E-state index in [-0.39, 0.29) is 18.3 Å². The van der Waals surface area contributed by atoms with Crippen LogP contribution in [0.5, 0.6) is 0 Å². The topological polar surface area (TPSA) is 45.5 Å². The lowest BCUT2D eigenvalue weighted by atomic mass is 9.79. The van der Waals surface area contributed by atoms with Crippen LogP contribution in [-0.4, -0.2) is 35.0 Å². The minimum absolute atomic E-state index is 0.333. The maximum Gasteiger partial charge on any atom is 0.494 e. The lowest BCUT2D eigenvalue weighted by molar-refractivity contribution is 0.00578. The van der Waals surface area contributed by atoms with Crippen molar-refractivity contribution in [3.05, 3.63) is 24.0 Å². The van der Waals surface area contributed by atoms with E-state index in [1.165, 1.54) is 0 Å². The van der Waals surface area contributed by atoms with Crippen LogP contribution in [0.25, 0.3) is 11.0 Å². The van der Waals surface area contributed by atoms with Gasteiger partial charge in [-0.05, 0) is 45.3 Å². The molecule has 1 aromatic carbocycles. The quantitative estimate of drug-likeness (QED) is 0.814. The molecule has 1 aromatic heterocycles. The molecule has 0 spiro atoms. The zero-order chi connectivity index (χ0) is 16.1. The molecule has 0 aliphatic carbocycles. The van der Waals surface area contributed by atoms with Crippen LogP contribution in [0.15, 0.2) is 18.2 Å². The van der Waals surface area contributed by atoms with Gasteiger partial charge < -0.3 is 18.6 Å². The average molecular weight is 302 g/mol. The number of hydrogen-bond acceptors (Lipinski definition) is 4. The number of imidazole rings is 1.